The van der Waals surface area contributed by atoms with Crippen LogP contribution in [0.2, 0.25) is 0 Å². The maximum absolute atomic E-state index is 7.28. The van der Waals surface area contributed by atoms with Crippen molar-refractivity contribution in [1.29, 1.82) is 0 Å². The molecule has 0 unspecified atom stereocenters. The van der Waals surface area contributed by atoms with Gasteiger partial charge in [-0.05, 0) is 25.5 Å². The molecule has 0 aromatic carbocycles. The van der Waals surface area contributed by atoms with Crippen LogP contribution in [0.5, 0.6) is 0 Å². The highest BCUT2D eigenvalue weighted by Gasteiger charge is 1.87. The van der Waals surface area contributed by atoms with E-state index in [0.29, 0.717) is 0 Å². The Balaban J connectivity index is 2.99. The molecule has 6 heavy (non-hydrogen) atoms. The molecule has 2 atom stereocenters. The van der Waals surface area contributed by atoms with Crippen molar-refractivity contribution in [2.45, 2.75) is 25.5 Å². The van der Waals surface area contributed by atoms with E-state index in [1.54, 1.807) is 0 Å². The van der Waals surface area contributed by atoms with E-state index < -0.39 is 25.5 Å². The molecular formula is C6H10. The Bertz CT molecular complexity index is 186. The molecule has 0 fully saturated rings. The molecule has 0 saturated heterocycles. The predicted octanol–water partition coefficient (Wildman–Crippen LogP) is 2.12. The molecule has 0 aliphatic heterocycles. The van der Waals surface area contributed by atoms with Gasteiger partial charge in [0.05, 0.1) is 0 Å². The summed E-state index contributed by atoms with van der Waals surface area (Å²) in [6.45, 7) is 0. The van der Waals surface area contributed by atoms with E-state index in [4.69, 9.17) is 8.22 Å². The van der Waals surface area contributed by atoms with Gasteiger partial charge in [-0.1, -0.05) is 12.2 Å². The SMILES string of the molecule is [2H][C@H]1[C@H]([2H])C([2H])([2H])C=CC1([2H])[2H]. The average Bonchev–Trinajstić information content (AvgIpc) is 1.96. The van der Waals surface area contributed by atoms with Gasteiger partial charge >= 0.3 is 0 Å². The topological polar surface area (TPSA) is 0 Å². The van der Waals surface area contributed by atoms with Crippen molar-refractivity contribution in [2.24, 2.45) is 0 Å². The Morgan fingerprint density at radius 2 is 1.67 bits per heavy atom. The highest BCUT2D eigenvalue weighted by Crippen LogP contribution is 2.07. The monoisotopic (exact) mass is 88.1 g/mol. The van der Waals surface area contributed by atoms with Crippen LogP contribution in [0, 0.1) is 0 Å². The van der Waals surface area contributed by atoms with E-state index in [2.05, 4.69) is 0 Å². The first kappa shape index (κ1) is 0.936. The molecule has 0 aromatic rings. The molecule has 0 aromatic heterocycles. The van der Waals surface area contributed by atoms with Crippen LogP contribution >= 0.6 is 0 Å². The summed E-state index contributed by atoms with van der Waals surface area (Å²) < 4.78 is 43.5. The second kappa shape index (κ2) is 2.01. The quantitative estimate of drug-likeness (QED) is 0.398. The molecule has 0 amide bonds. The van der Waals surface area contributed by atoms with E-state index in [1.807, 2.05) is 0 Å². The second-order valence-electron chi connectivity index (χ2n) is 1.00. The molecule has 0 bridgehead atoms. The first-order valence-electron chi connectivity index (χ1n) is 4.98. The van der Waals surface area contributed by atoms with E-state index in [0.717, 1.165) is 12.2 Å². The fraction of sp³-hybridized carbons (Fsp3) is 0.667. The predicted molar refractivity (Wildman–Crippen MR) is 27.6 cm³/mol. The number of allylic oxidation sites excluding steroid dienone is 2. The molecule has 0 nitrogen and oxygen atoms in total. The van der Waals surface area contributed by atoms with Gasteiger partial charge in [-0.25, -0.2) is 0 Å². The van der Waals surface area contributed by atoms with Gasteiger partial charge < -0.3 is 0 Å². The van der Waals surface area contributed by atoms with Gasteiger partial charge in [-0.2, -0.15) is 0 Å². The van der Waals surface area contributed by atoms with Crippen molar-refractivity contribution in [2.75, 3.05) is 0 Å². The first-order valence-corrected chi connectivity index (χ1v) is 1.82. The lowest BCUT2D eigenvalue weighted by Crippen LogP contribution is -1.77. The van der Waals surface area contributed by atoms with Gasteiger partial charge in [0.25, 0.3) is 0 Å². The molecule has 0 heteroatoms. The zero-order valence-corrected chi connectivity index (χ0v) is 3.31. The lowest BCUT2D eigenvalue weighted by atomic mass is 10.1. The smallest absolute Gasteiger partial charge is 0.0310 e. The Labute approximate surface area is 47.3 Å². The summed E-state index contributed by atoms with van der Waals surface area (Å²) in [5, 5.41) is 0. The van der Waals surface area contributed by atoms with Crippen molar-refractivity contribution in [3.63, 3.8) is 0 Å². The largest absolute Gasteiger partial charge is 0.0885 e. The van der Waals surface area contributed by atoms with Crippen molar-refractivity contribution < 1.29 is 8.22 Å². The van der Waals surface area contributed by atoms with Crippen LogP contribution < -0.4 is 0 Å². The third-order valence-electron chi connectivity index (χ3n) is 0.552. The number of hydrogen-bond donors (Lipinski definition) is 0. The molecule has 0 spiro atoms. The average molecular weight is 88.2 g/mol. The maximum Gasteiger partial charge on any atom is 0.0310 e. The first-order chi connectivity index (χ1) is 5.27. The normalized spacial score (nSPS) is 77.3. The Morgan fingerprint density at radius 1 is 1.17 bits per heavy atom. The maximum atomic E-state index is 7.28. The van der Waals surface area contributed by atoms with Gasteiger partial charge in [0.2, 0.25) is 0 Å². The summed E-state index contributed by atoms with van der Waals surface area (Å²) in [6, 6.07) is 0. The Hall–Kier alpha value is -0.260. The van der Waals surface area contributed by atoms with Crippen LogP contribution in [0.3, 0.4) is 0 Å². The zero-order chi connectivity index (χ0) is 9.57. The standard InChI is InChI=1S/C6H10/c1-2-4-6-5-3-1/h1-2H,3-6H2/i3D2,4D2,5D,6D/t5-,6-/m1/s1. The molecular weight excluding hydrogens is 72.1 g/mol. The van der Waals surface area contributed by atoms with E-state index >= 15 is 0 Å². The minimum atomic E-state index is -1.88. The van der Waals surface area contributed by atoms with Crippen LogP contribution in [0.1, 0.15) is 33.8 Å². The highest BCUT2D eigenvalue weighted by molar-refractivity contribution is 4.85. The summed E-state index contributed by atoms with van der Waals surface area (Å²) in [5.41, 5.74) is 0. The summed E-state index contributed by atoms with van der Waals surface area (Å²) >= 11 is 0. The summed E-state index contributed by atoms with van der Waals surface area (Å²) in [4.78, 5) is 0. The number of hydrogen-bond acceptors (Lipinski definition) is 0. The highest BCUT2D eigenvalue weighted by atomic mass is 13.9. The second-order valence-corrected chi connectivity index (χ2v) is 1.00. The Morgan fingerprint density at radius 3 is 2.17 bits per heavy atom. The van der Waals surface area contributed by atoms with E-state index in [1.165, 1.54) is 0 Å². The lowest BCUT2D eigenvalue weighted by molar-refractivity contribution is 0.730. The Kier molecular flexibility index (Phi) is 0.314. The van der Waals surface area contributed by atoms with Crippen LogP contribution in [0.15, 0.2) is 12.2 Å². The molecule has 1 rings (SSSR count). The fourth-order valence-electron chi connectivity index (χ4n) is 0.304. The molecule has 1 aliphatic carbocycles. The van der Waals surface area contributed by atoms with Crippen LogP contribution in [0.25, 0.3) is 0 Å². The lowest BCUT2D eigenvalue weighted by Gasteiger charge is -1.97. The zero-order valence-electron chi connectivity index (χ0n) is 9.31. The number of rotatable bonds is 0. The molecule has 1 aliphatic rings. The van der Waals surface area contributed by atoms with Crippen LogP contribution in [-0.2, 0) is 0 Å². The molecule has 0 N–H and O–H groups in total. The minimum Gasteiger partial charge on any atom is -0.0885 e. The van der Waals surface area contributed by atoms with E-state index in [9.17, 15) is 0 Å². The van der Waals surface area contributed by atoms with Gasteiger partial charge in [0.1, 0.15) is 0 Å². The third-order valence-corrected chi connectivity index (χ3v) is 0.552. The summed E-state index contributed by atoms with van der Waals surface area (Å²) in [7, 11) is 0. The van der Waals surface area contributed by atoms with Gasteiger partial charge in [-0.3, -0.25) is 0 Å². The summed E-state index contributed by atoms with van der Waals surface area (Å²) in [6.07, 6.45) is -4.38. The molecule has 0 radical (unpaired) electrons. The third kappa shape index (κ3) is 0.852. The molecule has 0 heterocycles. The van der Waals surface area contributed by atoms with Gasteiger partial charge in [-0.15, -0.1) is 0 Å². The van der Waals surface area contributed by atoms with Crippen LogP contribution in [-0.4, -0.2) is 0 Å². The molecule has 34 valence electrons. The van der Waals surface area contributed by atoms with Crippen LogP contribution in [0.4, 0.5) is 0 Å². The molecule has 0 saturated carbocycles. The van der Waals surface area contributed by atoms with Crippen molar-refractivity contribution in [3.8, 4) is 0 Å². The van der Waals surface area contributed by atoms with Gasteiger partial charge in [0.15, 0.2) is 0 Å². The fourth-order valence-corrected chi connectivity index (χ4v) is 0.304. The van der Waals surface area contributed by atoms with Crippen molar-refractivity contribution in [3.05, 3.63) is 12.2 Å². The van der Waals surface area contributed by atoms with Crippen molar-refractivity contribution >= 4 is 0 Å². The van der Waals surface area contributed by atoms with Gasteiger partial charge in [0, 0.05) is 8.22 Å². The van der Waals surface area contributed by atoms with Crippen molar-refractivity contribution in [1.82, 2.24) is 0 Å². The minimum absolute atomic E-state index is 1.04. The van der Waals surface area contributed by atoms with E-state index in [-0.39, 0.29) is 0 Å². The summed E-state index contributed by atoms with van der Waals surface area (Å²) in [5.74, 6) is 0.